The van der Waals surface area contributed by atoms with Gasteiger partial charge in [-0.25, -0.2) is 8.78 Å². The zero-order valence-electron chi connectivity index (χ0n) is 10.8. The van der Waals surface area contributed by atoms with E-state index in [1.165, 1.54) is 0 Å². The summed E-state index contributed by atoms with van der Waals surface area (Å²) in [5.74, 6) is -2.61. The minimum atomic E-state index is -2.61. The lowest BCUT2D eigenvalue weighted by molar-refractivity contribution is -0.0907. The lowest BCUT2D eigenvalue weighted by Gasteiger charge is -2.38. The van der Waals surface area contributed by atoms with Gasteiger partial charge < -0.3 is 10.6 Å². The minimum Gasteiger partial charge on any atom is -0.309 e. The topological polar surface area (TPSA) is 27.3 Å². The largest absolute Gasteiger partial charge is 0.309 e. The van der Waals surface area contributed by atoms with Gasteiger partial charge in [-0.15, -0.1) is 0 Å². The maximum absolute atomic E-state index is 13.5. The first-order chi connectivity index (χ1) is 7.60. The maximum atomic E-state index is 13.5. The second-order valence-electron chi connectivity index (χ2n) is 3.72. The van der Waals surface area contributed by atoms with Crippen LogP contribution in [0.5, 0.6) is 0 Å². The van der Waals surface area contributed by atoms with E-state index in [4.69, 9.17) is 0 Å². The fraction of sp³-hybridized carbons (Fsp3) is 1.00. The number of piperidine rings is 1. The number of nitrogens with one attached hydrogen (secondary N) is 2. The summed E-state index contributed by atoms with van der Waals surface area (Å²) in [6, 6.07) is -0.652. The molecule has 1 heterocycles. The fourth-order valence-corrected chi connectivity index (χ4v) is 1.87. The summed E-state index contributed by atoms with van der Waals surface area (Å²) in [4.78, 5) is 1.74. The summed E-state index contributed by atoms with van der Waals surface area (Å²) in [6.45, 7) is 7.58. The smallest absolute Gasteiger partial charge is 0.275 e. The second kappa shape index (κ2) is 7.92. The van der Waals surface area contributed by atoms with Gasteiger partial charge in [0.2, 0.25) is 0 Å². The van der Waals surface area contributed by atoms with Crippen LogP contribution in [-0.2, 0) is 0 Å². The van der Waals surface area contributed by atoms with E-state index in [2.05, 4.69) is 10.6 Å². The van der Waals surface area contributed by atoms with Crippen molar-refractivity contribution in [3.05, 3.63) is 0 Å². The van der Waals surface area contributed by atoms with Crippen molar-refractivity contribution in [2.75, 3.05) is 33.4 Å². The molecule has 1 saturated heterocycles. The first-order valence-electron chi connectivity index (χ1n) is 6.08. The minimum absolute atomic E-state index is 0.147. The molecule has 5 heteroatoms. The molecule has 1 aliphatic heterocycles. The summed E-state index contributed by atoms with van der Waals surface area (Å²) in [5, 5.41) is 5.73. The Labute approximate surface area is 97.6 Å². The Hall–Kier alpha value is -0.260. The molecule has 1 aliphatic rings. The molecule has 1 unspecified atom stereocenters. The van der Waals surface area contributed by atoms with Crippen LogP contribution in [0.3, 0.4) is 0 Å². The number of alkyl halides is 2. The van der Waals surface area contributed by atoms with Crippen LogP contribution in [0, 0.1) is 0 Å². The standard InChI is InChI=1S/C9H19F2N3.C2H6/c1-3-13-8-4-5-14(7-12-2)6-9(8,10)11;1-2/h8,12-13H,3-7H2,1-2H3;1-2H3. The van der Waals surface area contributed by atoms with Gasteiger partial charge in [0.1, 0.15) is 0 Å². The highest BCUT2D eigenvalue weighted by Gasteiger charge is 2.43. The molecule has 3 nitrogen and oxygen atoms in total. The third-order valence-corrected chi connectivity index (χ3v) is 2.51. The molecule has 1 rings (SSSR count). The van der Waals surface area contributed by atoms with Crippen LogP contribution in [0.4, 0.5) is 8.78 Å². The van der Waals surface area contributed by atoms with E-state index in [1.54, 1.807) is 11.9 Å². The van der Waals surface area contributed by atoms with E-state index in [-0.39, 0.29) is 6.54 Å². The van der Waals surface area contributed by atoms with Gasteiger partial charge >= 0.3 is 0 Å². The lowest BCUT2D eigenvalue weighted by Crippen LogP contribution is -2.58. The molecule has 1 fully saturated rings. The number of hydrogen-bond acceptors (Lipinski definition) is 3. The second-order valence-corrected chi connectivity index (χ2v) is 3.72. The van der Waals surface area contributed by atoms with Crippen molar-refractivity contribution >= 4 is 0 Å². The highest BCUT2D eigenvalue weighted by molar-refractivity contribution is 4.90. The predicted molar refractivity (Wildman–Crippen MR) is 63.9 cm³/mol. The molecule has 0 aromatic carbocycles. The Bertz CT molecular complexity index is 177. The molecule has 1 atom stereocenters. The molecular weight excluding hydrogens is 212 g/mol. The van der Waals surface area contributed by atoms with Crippen LogP contribution < -0.4 is 10.6 Å². The van der Waals surface area contributed by atoms with Crippen LogP contribution in [0.15, 0.2) is 0 Å². The van der Waals surface area contributed by atoms with Gasteiger partial charge in [-0.2, -0.15) is 0 Å². The summed E-state index contributed by atoms with van der Waals surface area (Å²) in [6.07, 6.45) is 0.516. The van der Waals surface area contributed by atoms with Crippen LogP contribution in [0.25, 0.3) is 0 Å². The van der Waals surface area contributed by atoms with Crippen molar-refractivity contribution in [2.24, 2.45) is 0 Å². The van der Waals surface area contributed by atoms with Crippen molar-refractivity contribution in [1.29, 1.82) is 0 Å². The van der Waals surface area contributed by atoms with Gasteiger partial charge in [0, 0.05) is 13.2 Å². The molecule has 0 amide bonds. The van der Waals surface area contributed by atoms with E-state index < -0.39 is 12.0 Å². The Morgan fingerprint density at radius 2 is 2.00 bits per heavy atom. The molecule has 16 heavy (non-hydrogen) atoms. The highest BCUT2D eigenvalue weighted by Crippen LogP contribution is 2.26. The van der Waals surface area contributed by atoms with Crippen LogP contribution in [-0.4, -0.2) is 50.2 Å². The molecule has 0 aliphatic carbocycles. The SMILES string of the molecule is CC.CCNC1CCN(CNC)CC1(F)F. The molecule has 0 spiro atoms. The summed E-state index contributed by atoms with van der Waals surface area (Å²) in [5.41, 5.74) is 0. The average Bonchev–Trinajstić information content (AvgIpc) is 2.25. The summed E-state index contributed by atoms with van der Waals surface area (Å²) >= 11 is 0. The Morgan fingerprint density at radius 1 is 1.38 bits per heavy atom. The Balaban J connectivity index is 0.00000106. The van der Waals surface area contributed by atoms with Gasteiger partial charge in [0.05, 0.1) is 12.6 Å². The number of hydrogen-bond donors (Lipinski definition) is 2. The van der Waals surface area contributed by atoms with E-state index in [0.29, 0.717) is 19.6 Å². The lowest BCUT2D eigenvalue weighted by atomic mass is 10.0. The van der Waals surface area contributed by atoms with Crippen molar-refractivity contribution in [2.45, 2.75) is 39.2 Å². The number of nitrogens with zero attached hydrogens (tertiary/aromatic N) is 1. The summed E-state index contributed by atoms with van der Waals surface area (Å²) < 4.78 is 27.0. The molecule has 0 radical (unpaired) electrons. The molecular formula is C11H25F2N3. The third-order valence-electron chi connectivity index (χ3n) is 2.51. The fourth-order valence-electron chi connectivity index (χ4n) is 1.87. The molecule has 0 bridgehead atoms. The first kappa shape index (κ1) is 15.7. The quantitative estimate of drug-likeness (QED) is 0.776. The molecule has 0 aromatic rings. The molecule has 0 aromatic heterocycles. The van der Waals surface area contributed by atoms with E-state index in [0.717, 1.165) is 6.54 Å². The average molecular weight is 237 g/mol. The summed E-state index contributed by atoms with van der Waals surface area (Å²) in [7, 11) is 1.77. The van der Waals surface area contributed by atoms with E-state index in [1.807, 2.05) is 20.8 Å². The van der Waals surface area contributed by atoms with Gasteiger partial charge in [0.25, 0.3) is 5.92 Å². The molecule has 98 valence electrons. The number of rotatable bonds is 4. The van der Waals surface area contributed by atoms with Gasteiger partial charge in [0.15, 0.2) is 0 Å². The van der Waals surface area contributed by atoms with Crippen LogP contribution in [0.1, 0.15) is 27.2 Å². The van der Waals surface area contributed by atoms with E-state index in [9.17, 15) is 8.78 Å². The normalized spacial score (nSPS) is 24.8. The highest BCUT2D eigenvalue weighted by atomic mass is 19.3. The monoisotopic (exact) mass is 237 g/mol. The third kappa shape index (κ3) is 4.72. The van der Waals surface area contributed by atoms with Crippen molar-refractivity contribution in [3.63, 3.8) is 0 Å². The molecule has 2 N–H and O–H groups in total. The number of likely N-dealkylation sites (tertiary alicyclic amines) is 1. The van der Waals surface area contributed by atoms with Gasteiger partial charge in [-0.1, -0.05) is 20.8 Å². The first-order valence-corrected chi connectivity index (χ1v) is 6.08. The zero-order valence-corrected chi connectivity index (χ0v) is 10.8. The Kier molecular flexibility index (Phi) is 7.80. The zero-order chi connectivity index (χ0) is 12.6. The maximum Gasteiger partial charge on any atom is 0.275 e. The van der Waals surface area contributed by atoms with Gasteiger partial charge in [-0.05, 0) is 20.0 Å². The van der Waals surface area contributed by atoms with Crippen LogP contribution in [0.2, 0.25) is 0 Å². The van der Waals surface area contributed by atoms with Crippen molar-refractivity contribution < 1.29 is 8.78 Å². The van der Waals surface area contributed by atoms with Crippen molar-refractivity contribution in [1.82, 2.24) is 15.5 Å². The van der Waals surface area contributed by atoms with Crippen LogP contribution >= 0.6 is 0 Å². The van der Waals surface area contributed by atoms with Crippen molar-refractivity contribution in [3.8, 4) is 0 Å². The van der Waals surface area contributed by atoms with Gasteiger partial charge in [-0.3, -0.25) is 4.90 Å². The molecule has 0 saturated carbocycles. The Morgan fingerprint density at radius 3 is 2.44 bits per heavy atom. The van der Waals surface area contributed by atoms with E-state index >= 15 is 0 Å². The predicted octanol–water partition coefficient (Wildman–Crippen LogP) is 1.51. The number of halogens is 2.